The summed E-state index contributed by atoms with van der Waals surface area (Å²) in [5.41, 5.74) is 3.03. The van der Waals surface area contributed by atoms with Crippen molar-refractivity contribution in [2.75, 3.05) is 12.4 Å². The summed E-state index contributed by atoms with van der Waals surface area (Å²) in [5, 5.41) is 3.07. The molecular formula is C16H18FN2+. The smallest absolute Gasteiger partial charge is 0.360 e. The van der Waals surface area contributed by atoms with Gasteiger partial charge in [0.2, 0.25) is 0 Å². The highest BCUT2D eigenvalue weighted by Crippen LogP contribution is 2.12. The van der Waals surface area contributed by atoms with Crippen molar-refractivity contribution in [1.29, 1.82) is 0 Å². The standard InChI is InChI=1S/C16H17FN2/c1-3-19-11-10-14(12-16(19)17)5-4-13-6-8-15(18-2)9-7-13/h4-12H,3H2,1-2H3/p+1. The highest BCUT2D eigenvalue weighted by atomic mass is 19.1. The molecule has 0 fully saturated rings. The van der Waals surface area contributed by atoms with E-state index >= 15 is 0 Å². The van der Waals surface area contributed by atoms with Crippen molar-refractivity contribution in [3.8, 4) is 0 Å². The predicted molar refractivity (Wildman–Crippen MR) is 77.2 cm³/mol. The van der Waals surface area contributed by atoms with E-state index in [9.17, 15) is 4.39 Å². The first-order chi connectivity index (χ1) is 9.22. The van der Waals surface area contributed by atoms with Crippen molar-refractivity contribution in [2.24, 2.45) is 0 Å². The van der Waals surface area contributed by atoms with Crippen molar-refractivity contribution >= 4 is 17.8 Å². The normalized spacial score (nSPS) is 10.9. The van der Waals surface area contributed by atoms with Gasteiger partial charge in [0, 0.05) is 24.9 Å². The molecule has 19 heavy (non-hydrogen) atoms. The Balaban J connectivity index is 2.15. The molecule has 1 aromatic heterocycles. The van der Waals surface area contributed by atoms with Crippen molar-refractivity contribution in [3.05, 3.63) is 59.7 Å². The van der Waals surface area contributed by atoms with E-state index < -0.39 is 0 Å². The quantitative estimate of drug-likeness (QED) is 0.656. The maximum atomic E-state index is 13.6. The number of benzene rings is 1. The van der Waals surface area contributed by atoms with E-state index in [1.807, 2.05) is 56.5 Å². The molecule has 2 aromatic rings. The Kier molecular flexibility index (Phi) is 4.29. The largest absolute Gasteiger partial charge is 0.388 e. The topological polar surface area (TPSA) is 15.9 Å². The molecule has 2 rings (SSSR count). The molecule has 0 aliphatic carbocycles. The molecule has 1 heterocycles. The summed E-state index contributed by atoms with van der Waals surface area (Å²) in [4.78, 5) is 0. The number of rotatable bonds is 4. The summed E-state index contributed by atoms with van der Waals surface area (Å²) in [6, 6.07) is 11.5. The van der Waals surface area contributed by atoms with Gasteiger partial charge in [-0.15, -0.1) is 4.39 Å². The van der Waals surface area contributed by atoms with Crippen LogP contribution in [0.25, 0.3) is 12.2 Å². The second kappa shape index (κ2) is 6.14. The molecule has 0 saturated carbocycles. The monoisotopic (exact) mass is 257 g/mol. The Labute approximate surface area is 113 Å². The van der Waals surface area contributed by atoms with Crippen LogP contribution in [0, 0.1) is 5.95 Å². The van der Waals surface area contributed by atoms with Crippen LogP contribution in [0.2, 0.25) is 0 Å². The van der Waals surface area contributed by atoms with E-state index in [0.717, 1.165) is 16.8 Å². The maximum Gasteiger partial charge on any atom is 0.360 e. The van der Waals surface area contributed by atoms with E-state index in [0.29, 0.717) is 6.54 Å². The van der Waals surface area contributed by atoms with Crippen LogP contribution in [0.15, 0.2) is 42.6 Å². The van der Waals surface area contributed by atoms with Crippen LogP contribution in [0.1, 0.15) is 18.1 Å². The number of anilines is 1. The van der Waals surface area contributed by atoms with Crippen LogP contribution in [0.5, 0.6) is 0 Å². The van der Waals surface area contributed by atoms with E-state index in [-0.39, 0.29) is 5.95 Å². The molecule has 0 unspecified atom stereocenters. The fraction of sp³-hybridized carbons (Fsp3) is 0.188. The lowest BCUT2D eigenvalue weighted by atomic mass is 10.1. The van der Waals surface area contributed by atoms with Gasteiger partial charge in [-0.05, 0) is 30.2 Å². The van der Waals surface area contributed by atoms with Gasteiger partial charge in [-0.25, -0.2) is 0 Å². The van der Waals surface area contributed by atoms with E-state index in [1.54, 1.807) is 16.8 Å². The highest BCUT2D eigenvalue weighted by molar-refractivity contribution is 5.70. The molecule has 0 spiro atoms. The lowest BCUT2D eigenvalue weighted by molar-refractivity contribution is -0.720. The zero-order valence-electron chi connectivity index (χ0n) is 11.2. The molecular weight excluding hydrogens is 239 g/mol. The Morgan fingerprint density at radius 1 is 1.11 bits per heavy atom. The molecule has 2 nitrogen and oxygen atoms in total. The molecule has 98 valence electrons. The number of halogens is 1. The summed E-state index contributed by atoms with van der Waals surface area (Å²) in [5.74, 6) is -0.213. The summed E-state index contributed by atoms with van der Waals surface area (Å²) in [6.45, 7) is 2.56. The van der Waals surface area contributed by atoms with E-state index in [4.69, 9.17) is 0 Å². The Morgan fingerprint density at radius 2 is 1.79 bits per heavy atom. The average molecular weight is 257 g/mol. The van der Waals surface area contributed by atoms with Gasteiger partial charge in [0.1, 0.15) is 6.54 Å². The van der Waals surface area contributed by atoms with Crippen LogP contribution < -0.4 is 9.88 Å². The third-order valence-electron chi connectivity index (χ3n) is 3.02. The molecule has 3 heteroatoms. The minimum Gasteiger partial charge on any atom is -0.388 e. The highest BCUT2D eigenvalue weighted by Gasteiger charge is 2.06. The number of hydrogen-bond donors (Lipinski definition) is 1. The summed E-state index contributed by atoms with van der Waals surface area (Å²) >= 11 is 0. The third kappa shape index (κ3) is 3.41. The van der Waals surface area contributed by atoms with Gasteiger partial charge in [0.05, 0.1) is 0 Å². The number of pyridine rings is 1. The van der Waals surface area contributed by atoms with Crippen molar-refractivity contribution in [1.82, 2.24) is 0 Å². The van der Waals surface area contributed by atoms with Gasteiger partial charge in [-0.1, -0.05) is 24.3 Å². The van der Waals surface area contributed by atoms with Crippen molar-refractivity contribution in [2.45, 2.75) is 13.5 Å². The predicted octanol–water partition coefficient (Wildman–Crippen LogP) is 3.35. The van der Waals surface area contributed by atoms with Crippen molar-refractivity contribution in [3.63, 3.8) is 0 Å². The molecule has 0 bridgehead atoms. The first-order valence-electron chi connectivity index (χ1n) is 6.38. The van der Waals surface area contributed by atoms with Gasteiger partial charge in [-0.2, -0.15) is 4.57 Å². The number of nitrogens with zero attached hydrogens (tertiary/aromatic N) is 1. The SMILES string of the molecule is CC[n+]1ccc(/C=C/c2ccc(NC)cc2)cc1F. The van der Waals surface area contributed by atoms with Gasteiger partial charge >= 0.3 is 5.95 Å². The van der Waals surface area contributed by atoms with Crippen molar-refractivity contribution < 1.29 is 8.96 Å². The second-order valence-corrected chi connectivity index (χ2v) is 4.27. The summed E-state index contributed by atoms with van der Waals surface area (Å²) in [6.07, 6.45) is 5.65. The summed E-state index contributed by atoms with van der Waals surface area (Å²) < 4.78 is 15.2. The fourth-order valence-corrected chi connectivity index (χ4v) is 1.83. The lowest BCUT2D eigenvalue weighted by Gasteiger charge is -1.99. The average Bonchev–Trinajstić information content (AvgIpc) is 2.46. The minimum absolute atomic E-state index is 0.213. The molecule has 0 amide bonds. The van der Waals surface area contributed by atoms with E-state index in [1.165, 1.54) is 0 Å². The van der Waals surface area contributed by atoms with Crippen LogP contribution >= 0.6 is 0 Å². The fourth-order valence-electron chi connectivity index (χ4n) is 1.83. The molecule has 0 atom stereocenters. The second-order valence-electron chi connectivity index (χ2n) is 4.27. The van der Waals surface area contributed by atoms with Crippen LogP contribution in [-0.4, -0.2) is 7.05 Å². The number of hydrogen-bond acceptors (Lipinski definition) is 1. The van der Waals surface area contributed by atoms with Crippen LogP contribution in [-0.2, 0) is 6.54 Å². The Bertz CT molecular complexity index is 574. The zero-order chi connectivity index (χ0) is 13.7. The molecule has 1 aromatic carbocycles. The van der Waals surface area contributed by atoms with Crippen LogP contribution in [0.3, 0.4) is 0 Å². The van der Waals surface area contributed by atoms with Gasteiger partial charge in [0.25, 0.3) is 0 Å². The number of aromatic nitrogens is 1. The first-order valence-corrected chi connectivity index (χ1v) is 6.38. The third-order valence-corrected chi connectivity index (χ3v) is 3.02. The molecule has 0 radical (unpaired) electrons. The van der Waals surface area contributed by atoms with Gasteiger partial charge < -0.3 is 5.32 Å². The number of aryl methyl sites for hydroxylation is 1. The Hall–Kier alpha value is -2.16. The minimum atomic E-state index is -0.213. The molecule has 1 N–H and O–H groups in total. The lowest BCUT2D eigenvalue weighted by Crippen LogP contribution is -2.36. The molecule has 0 saturated heterocycles. The van der Waals surface area contributed by atoms with E-state index in [2.05, 4.69) is 5.32 Å². The molecule has 0 aliphatic rings. The maximum absolute atomic E-state index is 13.6. The first kappa shape index (κ1) is 13.3. The number of nitrogens with one attached hydrogen (secondary N) is 1. The zero-order valence-corrected chi connectivity index (χ0v) is 11.2. The Morgan fingerprint density at radius 3 is 2.37 bits per heavy atom. The van der Waals surface area contributed by atoms with Crippen LogP contribution in [0.4, 0.5) is 10.1 Å². The molecule has 0 aliphatic heterocycles. The summed E-state index contributed by atoms with van der Waals surface area (Å²) in [7, 11) is 1.89. The van der Waals surface area contributed by atoms with Gasteiger partial charge in [-0.3, -0.25) is 0 Å². The van der Waals surface area contributed by atoms with Gasteiger partial charge in [0.15, 0.2) is 6.20 Å².